The van der Waals surface area contributed by atoms with Crippen molar-refractivity contribution in [2.45, 2.75) is 25.8 Å². The molecule has 1 atom stereocenters. The molecule has 1 N–H and O–H groups in total. The molecule has 0 aliphatic heterocycles. The second-order valence-corrected chi connectivity index (χ2v) is 5.68. The number of aryl methyl sites for hydroxylation is 1. The molecule has 1 amide bonds. The van der Waals surface area contributed by atoms with Gasteiger partial charge in [0.25, 0.3) is 0 Å². The monoisotopic (exact) mass is 307 g/mol. The largest absolute Gasteiger partial charge is 0.350 e. The van der Waals surface area contributed by atoms with E-state index in [4.69, 9.17) is 0 Å². The van der Waals surface area contributed by atoms with Gasteiger partial charge in [-0.1, -0.05) is 55.5 Å². The average Bonchev–Trinajstić information content (AvgIpc) is 2.91. The van der Waals surface area contributed by atoms with Crippen LogP contribution in [0.15, 0.2) is 54.6 Å². The number of nitrogens with zero attached hydrogens (tertiary/aromatic N) is 2. The van der Waals surface area contributed by atoms with E-state index in [9.17, 15) is 4.79 Å². The molecule has 0 aliphatic rings. The van der Waals surface area contributed by atoms with Crippen LogP contribution in [0.3, 0.4) is 0 Å². The van der Waals surface area contributed by atoms with Gasteiger partial charge in [-0.05, 0) is 18.1 Å². The second-order valence-electron chi connectivity index (χ2n) is 5.68. The molecule has 0 aliphatic carbocycles. The van der Waals surface area contributed by atoms with Crippen LogP contribution in [0.5, 0.6) is 0 Å². The Bertz CT molecular complexity index is 808. The van der Waals surface area contributed by atoms with Gasteiger partial charge >= 0.3 is 0 Å². The van der Waals surface area contributed by atoms with Gasteiger partial charge in [-0.25, -0.2) is 0 Å². The normalized spacial score (nSPS) is 12.3. The summed E-state index contributed by atoms with van der Waals surface area (Å²) >= 11 is 0. The zero-order chi connectivity index (χ0) is 16.2. The lowest BCUT2D eigenvalue weighted by atomic mass is 9.95. The van der Waals surface area contributed by atoms with Crippen molar-refractivity contribution in [1.82, 2.24) is 15.1 Å². The number of hydrogen-bond acceptors (Lipinski definition) is 2. The van der Waals surface area contributed by atoms with Crippen molar-refractivity contribution in [3.63, 3.8) is 0 Å². The number of amides is 1. The number of fused-ring (bicyclic) bond motifs is 1. The third-order valence-corrected chi connectivity index (χ3v) is 4.19. The Morgan fingerprint density at radius 3 is 2.57 bits per heavy atom. The first kappa shape index (κ1) is 15.3. The van der Waals surface area contributed by atoms with E-state index < -0.39 is 0 Å². The van der Waals surface area contributed by atoms with Crippen LogP contribution in [-0.2, 0) is 18.4 Å². The van der Waals surface area contributed by atoms with Crippen LogP contribution in [0.2, 0.25) is 0 Å². The molecule has 118 valence electrons. The van der Waals surface area contributed by atoms with E-state index in [-0.39, 0.29) is 11.8 Å². The average molecular weight is 307 g/mol. The van der Waals surface area contributed by atoms with Crippen molar-refractivity contribution < 1.29 is 4.79 Å². The minimum Gasteiger partial charge on any atom is -0.350 e. The Morgan fingerprint density at radius 2 is 1.83 bits per heavy atom. The maximum atomic E-state index is 12.5. The highest BCUT2D eigenvalue weighted by Crippen LogP contribution is 2.20. The molecule has 0 unspecified atom stereocenters. The molecule has 0 bridgehead atoms. The molecular weight excluding hydrogens is 286 g/mol. The number of hydrogen-bond donors (Lipinski definition) is 1. The van der Waals surface area contributed by atoms with Crippen molar-refractivity contribution in [2.75, 3.05) is 0 Å². The van der Waals surface area contributed by atoms with Gasteiger partial charge in [0.05, 0.1) is 23.7 Å². The van der Waals surface area contributed by atoms with Gasteiger partial charge in [-0.3, -0.25) is 9.48 Å². The number of para-hydroxylation sites is 1. The van der Waals surface area contributed by atoms with Gasteiger partial charge in [0, 0.05) is 12.4 Å². The molecule has 0 radical (unpaired) electrons. The van der Waals surface area contributed by atoms with Gasteiger partial charge in [-0.15, -0.1) is 0 Å². The van der Waals surface area contributed by atoms with Crippen molar-refractivity contribution >= 4 is 16.8 Å². The summed E-state index contributed by atoms with van der Waals surface area (Å²) in [6.07, 6.45) is 0.777. The first-order chi connectivity index (χ1) is 11.2. The molecular formula is C19H21N3O. The third-order valence-electron chi connectivity index (χ3n) is 4.19. The summed E-state index contributed by atoms with van der Waals surface area (Å²) in [6.45, 7) is 2.48. The maximum Gasteiger partial charge on any atom is 0.227 e. The number of carbonyl (C=O) groups excluding carboxylic acids is 1. The number of carbonyl (C=O) groups is 1. The molecule has 4 heteroatoms. The third kappa shape index (κ3) is 3.11. The van der Waals surface area contributed by atoms with Crippen LogP contribution in [0, 0.1) is 0 Å². The van der Waals surface area contributed by atoms with E-state index in [2.05, 4.69) is 10.4 Å². The quantitative estimate of drug-likeness (QED) is 0.785. The van der Waals surface area contributed by atoms with Crippen molar-refractivity contribution in [3.05, 3.63) is 65.9 Å². The molecule has 3 rings (SSSR count). The van der Waals surface area contributed by atoms with E-state index in [0.29, 0.717) is 6.54 Å². The molecule has 4 nitrogen and oxygen atoms in total. The van der Waals surface area contributed by atoms with Crippen LogP contribution < -0.4 is 5.32 Å². The fourth-order valence-electron chi connectivity index (χ4n) is 2.97. The van der Waals surface area contributed by atoms with E-state index in [1.165, 1.54) is 0 Å². The summed E-state index contributed by atoms with van der Waals surface area (Å²) in [5, 5.41) is 8.65. The Hall–Kier alpha value is -2.62. The number of rotatable bonds is 5. The fraction of sp³-hybridized carbons (Fsp3) is 0.263. The van der Waals surface area contributed by atoms with E-state index in [0.717, 1.165) is 28.6 Å². The van der Waals surface area contributed by atoms with E-state index in [1.54, 1.807) is 0 Å². The molecule has 1 heterocycles. The van der Waals surface area contributed by atoms with E-state index in [1.807, 2.05) is 73.3 Å². The van der Waals surface area contributed by atoms with Gasteiger partial charge in [-0.2, -0.15) is 5.10 Å². The topological polar surface area (TPSA) is 46.9 Å². The summed E-state index contributed by atoms with van der Waals surface area (Å²) in [5.74, 6) is -0.0698. The van der Waals surface area contributed by atoms with Crippen LogP contribution in [0.25, 0.3) is 10.9 Å². The smallest absolute Gasteiger partial charge is 0.227 e. The summed E-state index contributed by atoms with van der Waals surface area (Å²) in [6, 6.07) is 18.0. The lowest BCUT2D eigenvalue weighted by Gasteiger charge is -2.15. The number of nitrogens with one attached hydrogen (secondary N) is 1. The molecule has 23 heavy (non-hydrogen) atoms. The van der Waals surface area contributed by atoms with Crippen LogP contribution >= 0.6 is 0 Å². The summed E-state index contributed by atoms with van der Waals surface area (Å²) in [4.78, 5) is 12.5. The first-order valence-electron chi connectivity index (χ1n) is 7.94. The van der Waals surface area contributed by atoms with Crippen molar-refractivity contribution in [2.24, 2.45) is 7.05 Å². The maximum absolute atomic E-state index is 12.5. The van der Waals surface area contributed by atoms with Crippen LogP contribution in [-0.4, -0.2) is 15.7 Å². The van der Waals surface area contributed by atoms with Gasteiger partial charge < -0.3 is 5.32 Å². The summed E-state index contributed by atoms with van der Waals surface area (Å²) in [7, 11) is 1.92. The zero-order valence-corrected chi connectivity index (χ0v) is 13.5. The summed E-state index contributed by atoms with van der Waals surface area (Å²) in [5.41, 5.74) is 3.03. The predicted molar refractivity (Wildman–Crippen MR) is 92.0 cm³/mol. The highest BCUT2D eigenvalue weighted by molar-refractivity contribution is 5.85. The predicted octanol–water partition coefficient (Wildman–Crippen LogP) is 3.38. The molecule has 2 aromatic carbocycles. The van der Waals surface area contributed by atoms with Crippen molar-refractivity contribution in [3.8, 4) is 0 Å². The Morgan fingerprint density at radius 1 is 1.13 bits per heavy atom. The Labute approximate surface area is 136 Å². The molecule has 3 aromatic rings. The summed E-state index contributed by atoms with van der Waals surface area (Å²) < 4.78 is 1.85. The highest BCUT2D eigenvalue weighted by Gasteiger charge is 2.18. The molecule has 0 spiro atoms. The van der Waals surface area contributed by atoms with Crippen molar-refractivity contribution in [1.29, 1.82) is 0 Å². The van der Waals surface area contributed by atoms with E-state index >= 15 is 0 Å². The number of benzene rings is 2. The fourth-order valence-corrected chi connectivity index (χ4v) is 2.97. The Kier molecular flexibility index (Phi) is 4.42. The molecule has 0 saturated carbocycles. The van der Waals surface area contributed by atoms with Crippen LogP contribution in [0.1, 0.15) is 30.5 Å². The van der Waals surface area contributed by atoms with Gasteiger partial charge in [0.1, 0.15) is 0 Å². The number of aromatic nitrogens is 2. The zero-order valence-electron chi connectivity index (χ0n) is 13.5. The SMILES string of the molecule is CC[C@@H](C(=O)NCc1nn(C)c2ccccc12)c1ccccc1. The Balaban J connectivity index is 1.75. The lowest BCUT2D eigenvalue weighted by molar-refractivity contribution is -0.122. The molecule has 1 aromatic heterocycles. The minimum absolute atomic E-state index is 0.0495. The van der Waals surface area contributed by atoms with Crippen LogP contribution in [0.4, 0.5) is 0 Å². The van der Waals surface area contributed by atoms with Gasteiger partial charge in [0.2, 0.25) is 5.91 Å². The lowest BCUT2D eigenvalue weighted by Crippen LogP contribution is -2.29. The first-order valence-corrected chi connectivity index (χ1v) is 7.94. The standard InChI is InChI=1S/C19H21N3O/c1-3-15(14-9-5-4-6-10-14)19(23)20-13-17-16-11-7-8-12-18(16)22(2)21-17/h4-12,15H,3,13H2,1-2H3,(H,20,23)/t15-/m1/s1. The second kappa shape index (κ2) is 6.65. The highest BCUT2D eigenvalue weighted by atomic mass is 16.1. The molecule has 0 saturated heterocycles. The minimum atomic E-state index is -0.119. The van der Waals surface area contributed by atoms with Gasteiger partial charge in [0.15, 0.2) is 0 Å². The molecule has 0 fully saturated rings.